The van der Waals surface area contributed by atoms with E-state index in [0.717, 1.165) is 0 Å². The fourth-order valence-electron chi connectivity index (χ4n) is 3.33. The van der Waals surface area contributed by atoms with Gasteiger partial charge in [-0.15, -0.1) is 0 Å². The minimum Gasteiger partial charge on any atom is -0.347 e. The minimum atomic E-state index is -0.510. The molecule has 27 heavy (non-hydrogen) atoms. The van der Waals surface area contributed by atoms with E-state index in [1.54, 1.807) is 23.1 Å². The Labute approximate surface area is 156 Å². The molecule has 1 amide bonds. The van der Waals surface area contributed by atoms with Crippen molar-refractivity contribution in [1.29, 1.82) is 5.26 Å². The fraction of sp³-hybridized carbons (Fsp3) is 0.368. The Hall–Kier alpha value is -3.02. The van der Waals surface area contributed by atoms with E-state index in [1.807, 2.05) is 6.07 Å². The standard InChI is InChI=1S/C19H19N5O3/c20-11-14-3-1-2-4-15(14)23-17-13-21-16(12-22-17)18(25)24-7-5-19(6-8-24)26-9-10-27-19/h1-4,12-13H,5-10H2,(H,22,23). The van der Waals surface area contributed by atoms with Crippen molar-refractivity contribution in [3.63, 3.8) is 0 Å². The molecule has 1 aromatic heterocycles. The van der Waals surface area contributed by atoms with E-state index in [2.05, 4.69) is 21.4 Å². The second kappa shape index (κ2) is 7.31. The SMILES string of the molecule is N#Cc1ccccc1Nc1cnc(C(=O)N2CCC3(CC2)OCCO3)cn1. The third kappa shape index (κ3) is 3.60. The van der Waals surface area contributed by atoms with Crippen molar-refractivity contribution in [2.75, 3.05) is 31.6 Å². The van der Waals surface area contributed by atoms with Crippen LogP contribution >= 0.6 is 0 Å². The Balaban J connectivity index is 1.40. The molecular weight excluding hydrogens is 346 g/mol. The van der Waals surface area contributed by atoms with Crippen molar-refractivity contribution in [3.8, 4) is 6.07 Å². The van der Waals surface area contributed by atoms with Gasteiger partial charge in [-0.2, -0.15) is 5.26 Å². The zero-order valence-corrected chi connectivity index (χ0v) is 14.7. The summed E-state index contributed by atoms with van der Waals surface area (Å²) < 4.78 is 11.4. The number of hydrogen-bond donors (Lipinski definition) is 1. The van der Waals surface area contributed by atoms with Crippen LogP contribution in [0.3, 0.4) is 0 Å². The molecule has 0 saturated carbocycles. The number of carbonyl (C=O) groups excluding carboxylic acids is 1. The zero-order chi connectivity index (χ0) is 18.7. The molecular formula is C19H19N5O3. The van der Waals surface area contributed by atoms with Crippen LogP contribution in [0.1, 0.15) is 28.9 Å². The Bertz CT molecular complexity index is 862. The molecule has 0 atom stereocenters. The van der Waals surface area contributed by atoms with Crippen molar-refractivity contribution in [3.05, 3.63) is 47.9 Å². The van der Waals surface area contributed by atoms with E-state index in [-0.39, 0.29) is 5.91 Å². The van der Waals surface area contributed by atoms with Gasteiger partial charge in [0.15, 0.2) is 5.79 Å². The van der Waals surface area contributed by atoms with Crippen LogP contribution in [0.2, 0.25) is 0 Å². The zero-order valence-electron chi connectivity index (χ0n) is 14.7. The van der Waals surface area contributed by atoms with Gasteiger partial charge in [-0.1, -0.05) is 12.1 Å². The number of ether oxygens (including phenoxy) is 2. The Morgan fingerprint density at radius 3 is 2.56 bits per heavy atom. The first-order valence-electron chi connectivity index (χ1n) is 8.84. The van der Waals surface area contributed by atoms with Crippen LogP contribution in [0.4, 0.5) is 11.5 Å². The van der Waals surface area contributed by atoms with E-state index < -0.39 is 5.79 Å². The van der Waals surface area contributed by atoms with E-state index in [4.69, 9.17) is 14.7 Å². The Kier molecular flexibility index (Phi) is 4.71. The third-order valence-corrected chi connectivity index (χ3v) is 4.81. The van der Waals surface area contributed by atoms with Gasteiger partial charge in [0.05, 0.1) is 36.9 Å². The number of nitrogens with one attached hydrogen (secondary N) is 1. The molecule has 2 aromatic rings. The molecule has 2 fully saturated rings. The lowest BCUT2D eigenvalue weighted by molar-refractivity contribution is -0.181. The highest BCUT2D eigenvalue weighted by Crippen LogP contribution is 2.31. The van der Waals surface area contributed by atoms with Gasteiger partial charge in [0, 0.05) is 25.9 Å². The van der Waals surface area contributed by atoms with Gasteiger partial charge in [0.1, 0.15) is 17.6 Å². The molecule has 0 bridgehead atoms. The first-order chi connectivity index (χ1) is 13.2. The number of likely N-dealkylation sites (tertiary alicyclic amines) is 1. The molecule has 0 radical (unpaired) electrons. The molecule has 3 heterocycles. The van der Waals surface area contributed by atoms with Gasteiger partial charge in [-0.05, 0) is 12.1 Å². The first kappa shape index (κ1) is 17.4. The molecule has 0 unspecified atom stereocenters. The van der Waals surface area contributed by atoms with Crippen molar-refractivity contribution in [2.45, 2.75) is 18.6 Å². The second-order valence-electron chi connectivity index (χ2n) is 6.47. The number of hydrogen-bond acceptors (Lipinski definition) is 7. The van der Waals surface area contributed by atoms with Crippen LogP contribution in [-0.2, 0) is 9.47 Å². The average molecular weight is 365 g/mol. The molecule has 0 aliphatic carbocycles. The monoisotopic (exact) mass is 365 g/mol. The summed E-state index contributed by atoms with van der Waals surface area (Å²) in [4.78, 5) is 22.9. The lowest BCUT2D eigenvalue weighted by atomic mass is 10.0. The summed E-state index contributed by atoms with van der Waals surface area (Å²) >= 11 is 0. The van der Waals surface area contributed by atoms with Crippen LogP contribution in [0.25, 0.3) is 0 Å². The predicted molar refractivity (Wildman–Crippen MR) is 96.2 cm³/mol. The molecule has 2 aliphatic rings. The van der Waals surface area contributed by atoms with E-state index in [0.29, 0.717) is 61.9 Å². The fourth-order valence-corrected chi connectivity index (χ4v) is 3.33. The van der Waals surface area contributed by atoms with E-state index in [9.17, 15) is 4.79 Å². The lowest BCUT2D eigenvalue weighted by Gasteiger charge is -2.37. The van der Waals surface area contributed by atoms with Crippen molar-refractivity contribution < 1.29 is 14.3 Å². The van der Waals surface area contributed by atoms with Gasteiger partial charge in [-0.3, -0.25) is 4.79 Å². The van der Waals surface area contributed by atoms with Crippen LogP contribution in [-0.4, -0.2) is 52.9 Å². The second-order valence-corrected chi connectivity index (χ2v) is 6.47. The summed E-state index contributed by atoms with van der Waals surface area (Å²) in [7, 11) is 0. The molecule has 8 heteroatoms. The maximum absolute atomic E-state index is 12.7. The summed E-state index contributed by atoms with van der Waals surface area (Å²) in [5.74, 6) is -0.191. The molecule has 2 aliphatic heterocycles. The van der Waals surface area contributed by atoms with Crippen LogP contribution in [0.5, 0.6) is 0 Å². The first-order valence-corrected chi connectivity index (χ1v) is 8.84. The van der Waals surface area contributed by atoms with Crippen molar-refractivity contribution >= 4 is 17.4 Å². The summed E-state index contributed by atoms with van der Waals surface area (Å²) in [5, 5.41) is 12.2. The highest BCUT2D eigenvalue weighted by atomic mass is 16.7. The molecule has 8 nitrogen and oxygen atoms in total. The average Bonchev–Trinajstić information content (AvgIpc) is 3.17. The van der Waals surface area contributed by atoms with Gasteiger partial charge in [0.25, 0.3) is 5.91 Å². The van der Waals surface area contributed by atoms with Crippen molar-refractivity contribution in [2.24, 2.45) is 0 Å². The number of rotatable bonds is 3. The van der Waals surface area contributed by atoms with E-state index >= 15 is 0 Å². The van der Waals surface area contributed by atoms with Gasteiger partial charge in [0.2, 0.25) is 0 Å². The Morgan fingerprint density at radius 1 is 1.15 bits per heavy atom. The van der Waals surface area contributed by atoms with Crippen LogP contribution in [0.15, 0.2) is 36.7 Å². The number of piperidine rings is 1. The molecule has 2 saturated heterocycles. The molecule has 1 aromatic carbocycles. The highest BCUT2D eigenvalue weighted by Gasteiger charge is 2.41. The van der Waals surface area contributed by atoms with Gasteiger partial charge < -0.3 is 19.7 Å². The summed E-state index contributed by atoms with van der Waals surface area (Å²) in [6.45, 7) is 2.36. The van der Waals surface area contributed by atoms with E-state index in [1.165, 1.54) is 12.4 Å². The molecule has 4 rings (SSSR count). The number of anilines is 2. The number of nitriles is 1. The normalized spacial score (nSPS) is 18.3. The third-order valence-electron chi connectivity index (χ3n) is 4.81. The quantitative estimate of drug-likeness (QED) is 0.888. The largest absolute Gasteiger partial charge is 0.347 e. The van der Waals surface area contributed by atoms with Crippen molar-refractivity contribution in [1.82, 2.24) is 14.9 Å². The highest BCUT2D eigenvalue weighted by molar-refractivity contribution is 5.92. The Morgan fingerprint density at radius 2 is 1.89 bits per heavy atom. The molecule has 138 valence electrons. The molecule has 1 spiro atoms. The van der Waals surface area contributed by atoms with Gasteiger partial charge >= 0.3 is 0 Å². The summed E-state index contributed by atoms with van der Waals surface area (Å²) in [6, 6.07) is 9.24. The number of aromatic nitrogens is 2. The predicted octanol–water partition coefficient (Wildman–Crippen LogP) is 2.07. The minimum absolute atomic E-state index is 0.153. The maximum Gasteiger partial charge on any atom is 0.274 e. The summed E-state index contributed by atoms with van der Waals surface area (Å²) in [5.41, 5.74) is 1.45. The number of nitrogens with zero attached hydrogens (tertiary/aromatic N) is 4. The van der Waals surface area contributed by atoms with Crippen LogP contribution < -0.4 is 5.32 Å². The number of carbonyl (C=O) groups is 1. The number of benzene rings is 1. The molecule has 1 N–H and O–H groups in total. The van der Waals surface area contributed by atoms with Crippen LogP contribution in [0, 0.1) is 11.3 Å². The topological polar surface area (TPSA) is 100 Å². The number of amides is 1. The smallest absolute Gasteiger partial charge is 0.274 e. The van der Waals surface area contributed by atoms with Gasteiger partial charge in [-0.25, -0.2) is 9.97 Å². The lowest BCUT2D eigenvalue weighted by Crippen LogP contribution is -2.47. The summed E-state index contributed by atoms with van der Waals surface area (Å²) in [6.07, 6.45) is 4.27. The number of para-hydroxylation sites is 1. The maximum atomic E-state index is 12.7.